The van der Waals surface area contributed by atoms with Gasteiger partial charge in [0.15, 0.2) is 0 Å². The Kier molecular flexibility index (Phi) is 4.50. The Morgan fingerprint density at radius 1 is 1.08 bits per heavy atom. The molecule has 0 radical (unpaired) electrons. The van der Waals surface area contributed by atoms with Crippen LogP contribution in [-0.2, 0) is 4.79 Å². The summed E-state index contributed by atoms with van der Waals surface area (Å²) in [5.41, 5.74) is 1.49. The second kappa shape index (κ2) is 6.79. The van der Waals surface area contributed by atoms with E-state index in [0.717, 1.165) is 63.0 Å². The number of nitrogens with zero attached hydrogens (tertiary/aromatic N) is 1. The Morgan fingerprint density at radius 2 is 1.68 bits per heavy atom. The molecule has 1 saturated carbocycles. The third-order valence-corrected chi connectivity index (χ3v) is 6.15. The number of fused-ring (bicyclic) bond motifs is 1. The monoisotopic (exact) mass is 341 g/mol. The van der Waals surface area contributed by atoms with Crippen LogP contribution in [0.15, 0.2) is 24.3 Å². The molecule has 0 aromatic heterocycles. The number of amides is 2. The molecule has 4 rings (SSSR count). The number of rotatable bonds is 3. The van der Waals surface area contributed by atoms with Crippen molar-refractivity contribution in [3.63, 3.8) is 0 Å². The van der Waals surface area contributed by atoms with Crippen molar-refractivity contribution >= 4 is 17.5 Å². The first-order valence-corrected chi connectivity index (χ1v) is 9.52. The predicted molar refractivity (Wildman–Crippen MR) is 97.3 cm³/mol. The number of benzene rings is 1. The highest BCUT2D eigenvalue weighted by molar-refractivity contribution is 5.97. The quantitative estimate of drug-likeness (QED) is 0.887. The molecule has 2 amide bonds. The van der Waals surface area contributed by atoms with Gasteiger partial charge in [-0.25, -0.2) is 0 Å². The van der Waals surface area contributed by atoms with Crippen LogP contribution in [0.3, 0.4) is 0 Å². The molecule has 4 atom stereocenters. The van der Waals surface area contributed by atoms with Crippen LogP contribution in [0.1, 0.15) is 36.5 Å². The summed E-state index contributed by atoms with van der Waals surface area (Å²) in [6, 6.07) is 7.35. The molecule has 2 heterocycles. The van der Waals surface area contributed by atoms with Crippen LogP contribution in [-0.4, -0.2) is 42.9 Å². The molecule has 0 bridgehead atoms. The molecule has 3 fully saturated rings. The van der Waals surface area contributed by atoms with Gasteiger partial charge in [-0.3, -0.25) is 9.59 Å². The van der Waals surface area contributed by atoms with Gasteiger partial charge in [0, 0.05) is 30.3 Å². The standard InChI is InChI=1S/C20H27N3O2/c1-13-10-18(13)19(24)22-17-4-2-14(3-5-17)20(25)23-8-6-15-11-21-12-16(15)7-9-23/h2-5,13,15-16,18,21H,6-12H2,1H3,(H,22,24)/t13?,15-,16+,18?. The molecule has 1 aromatic rings. The average Bonchev–Trinajstić information content (AvgIpc) is 3.25. The lowest BCUT2D eigenvalue weighted by Gasteiger charge is -2.21. The zero-order chi connectivity index (χ0) is 17.4. The zero-order valence-electron chi connectivity index (χ0n) is 14.8. The molecule has 2 unspecified atom stereocenters. The third-order valence-electron chi connectivity index (χ3n) is 6.15. The molecule has 5 heteroatoms. The van der Waals surface area contributed by atoms with Gasteiger partial charge in [0.05, 0.1) is 0 Å². The van der Waals surface area contributed by atoms with Gasteiger partial charge in [0.25, 0.3) is 5.91 Å². The van der Waals surface area contributed by atoms with Crippen molar-refractivity contribution in [3.8, 4) is 0 Å². The highest BCUT2D eigenvalue weighted by Gasteiger charge is 2.39. The highest BCUT2D eigenvalue weighted by Crippen LogP contribution is 2.38. The zero-order valence-corrected chi connectivity index (χ0v) is 14.8. The van der Waals surface area contributed by atoms with E-state index < -0.39 is 0 Å². The number of carbonyl (C=O) groups is 2. The summed E-state index contributed by atoms with van der Waals surface area (Å²) in [4.78, 5) is 26.8. The van der Waals surface area contributed by atoms with Crippen LogP contribution in [0.2, 0.25) is 0 Å². The molecule has 3 aliphatic rings. The van der Waals surface area contributed by atoms with Gasteiger partial charge in [0.2, 0.25) is 5.91 Å². The van der Waals surface area contributed by atoms with E-state index in [1.165, 1.54) is 0 Å². The van der Waals surface area contributed by atoms with Crippen LogP contribution in [0.25, 0.3) is 0 Å². The molecule has 1 aromatic carbocycles. The van der Waals surface area contributed by atoms with Crippen LogP contribution >= 0.6 is 0 Å². The smallest absolute Gasteiger partial charge is 0.253 e. The second-order valence-corrected chi connectivity index (χ2v) is 7.93. The van der Waals surface area contributed by atoms with E-state index in [4.69, 9.17) is 0 Å². The van der Waals surface area contributed by atoms with Crippen LogP contribution in [0.4, 0.5) is 5.69 Å². The Bertz CT molecular complexity index is 643. The van der Waals surface area contributed by atoms with Crippen molar-refractivity contribution in [2.45, 2.75) is 26.2 Å². The number of hydrogen-bond donors (Lipinski definition) is 2. The van der Waals surface area contributed by atoms with Gasteiger partial charge in [-0.2, -0.15) is 0 Å². The van der Waals surface area contributed by atoms with E-state index in [2.05, 4.69) is 17.6 Å². The molecular weight excluding hydrogens is 314 g/mol. The maximum atomic E-state index is 12.8. The van der Waals surface area contributed by atoms with E-state index in [1.807, 2.05) is 29.2 Å². The van der Waals surface area contributed by atoms with Gasteiger partial charge in [-0.1, -0.05) is 6.92 Å². The maximum absolute atomic E-state index is 12.8. The predicted octanol–water partition coefficient (Wildman–Crippen LogP) is 2.35. The third kappa shape index (κ3) is 3.56. The fourth-order valence-electron chi connectivity index (χ4n) is 4.22. The summed E-state index contributed by atoms with van der Waals surface area (Å²) in [5, 5.41) is 6.41. The molecule has 1 aliphatic carbocycles. The first kappa shape index (κ1) is 16.6. The topological polar surface area (TPSA) is 61.4 Å². The summed E-state index contributed by atoms with van der Waals surface area (Å²) in [7, 11) is 0. The fraction of sp³-hybridized carbons (Fsp3) is 0.600. The average molecular weight is 341 g/mol. The van der Waals surface area contributed by atoms with Crippen LogP contribution < -0.4 is 10.6 Å². The van der Waals surface area contributed by atoms with Crippen molar-refractivity contribution in [1.82, 2.24) is 10.2 Å². The molecule has 2 saturated heterocycles. The summed E-state index contributed by atoms with van der Waals surface area (Å²) in [5.74, 6) is 2.31. The van der Waals surface area contributed by atoms with E-state index >= 15 is 0 Å². The number of anilines is 1. The minimum Gasteiger partial charge on any atom is -0.339 e. The van der Waals surface area contributed by atoms with Gasteiger partial charge in [-0.15, -0.1) is 0 Å². The lowest BCUT2D eigenvalue weighted by atomic mass is 9.92. The molecule has 0 spiro atoms. The molecule has 25 heavy (non-hydrogen) atoms. The second-order valence-electron chi connectivity index (χ2n) is 7.93. The summed E-state index contributed by atoms with van der Waals surface area (Å²) >= 11 is 0. The van der Waals surface area contributed by atoms with E-state index in [-0.39, 0.29) is 17.7 Å². The number of hydrogen-bond acceptors (Lipinski definition) is 3. The lowest BCUT2D eigenvalue weighted by molar-refractivity contribution is -0.117. The van der Waals surface area contributed by atoms with Crippen molar-refractivity contribution in [1.29, 1.82) is 0 Å². The Labute approximate surface area is 149 Å². The van der Waals surface area contributed by atoms with Crippen molar-refractivity contribution in [2.75, 3.05) is 31.5 Å². The first-order valence-electron chi connectivity index (χ1n) is 9.52. The molecule has 2 N–H and O–H groups in total. The Morgan fingerprint density at radius 3 is 2.24 bits per heavy atom. The number of likely N-dealkylation sites (tertiary alicyclic amines) is 1. The minimum absolute atomic E-state index is 0.0965. The molecule has 2 aliphatic heterocycles. The summed E-state index contributed by atoms with van der Waals surface area (Å²) < 4.78 is 0. The lowest BCUT2D eigenvalue weighted by Crippen LogP contribution is -2.32. The van der Waals surface area contributed by atoms with Crippen molar-refractivity contribution in [3.05, 3.63) is 29.8 Å². The fourth-order valence-corrected chi connectivity index (χ4v) is 4.22. The van der Waals surface area contributed by atoms with E-state index in [9.17, 15) is 9.59 Å². The Hall–Kier alpha value is -1.88. The SMILES string of the molecule is CC1CC1C(=O)Nc1ccc(C(=O)N2CC[C@@H]3CNC[C@@H]3CC2)cc1. The number of carbonyl (C=O) groups excluding carboxylic acids is 2. The maximum Gasteiger partial charge on any atom is 0.253 e. The van der Waals surface area contributed by atoms with Gasteiger partial charge in [-0.05, 0) is 74.4 Å². The summed E-state index contributed by atoms with van der Waals surface area (Å²) in [6.45, 7) is 5.98. The van der Waals surface area contributed by atoms with Gasteiger partial charge < -0.3 is 15.5 Å². The largest absolute Gasteiger partial charge is 0.339 e. The minimum atomic E-state index is 0.0965. The normalized spacial score (nSPS) is 31.2. The van der Waals surface area contributed by atoms with Gasteiger partial charge >= 0.3 is 0 Å². The molecule has 5 nitrogen and oxygen atoms in total. The molecule has 134 valence electrons. The highest BCUT2D eigenvalue weighted by atomic mass is 16.2. The number of nitrogens with one attached hydrogen (secondary N) is 2. The van der Waals surface area contributed by atoms with Crippen LogP contribution in [0.5, 0.6) is 0 Å². The molecular formula is C20H27N3O2. The summed E-state index contributed by atoms with van der Waals surface area (Å²) in [6.07, 6.45) is 3.17. The van der Waals surface area contributed by atoms with Gasteiger partial charge in [0.1, 0.15) is 0 Å². The first-order chi connectivity index (χ1) is 12.1. The van der Waals surface area contributed by atoms with Crippen molar-refractivity contribution < 1.29 is 9.59 Å². The van der Waals surface area contributed by atoms with Crippen LogP contribution in [0, 0.1) is 23.7 Å². The van der Waals surface area contributed by atoms with E-state index in [1.54, 1.807) is 0 Å². The Balaban J connectivity index is 1.36. The van der Waals surface area contributed by atoms with E-state index in [0.29, 0.717) is 11.5 Å². The van der Waals surface area contributed by atoms with Crippen molar-refractivity contribution in [2.24, 2.45) is 23.7 Å².